The van der Waals surface area contributed by atoms with Crippen molar-refractivity contribution < 1.29 is 14.3 Å². The Balaban J connectivity index is 2.47. The van der Waals surface area contributed by atoms with E-state index in [1.807, 2.05) is 0 Å². The predicted octanol–water partition coefficient (Wildman–Crippen LogP) is 1.93. The number of ether oxygens (including phenoxy) is 1. The van der Waals surface area contributed by atoms with Crippen molar-refractivity contribution in [3.8, 4) is 0 Å². The van der Waals surface area contributed by atoms with Crippen LogP contribution in [-0.2, 0) is 9.53 Å². The Morgan fingerprint density at radius 2 is 2.05 bits per heavy atom. The highest BCUT2D eigenvalue weighted by molar-refractivity contribution is 5.96. The van der Waals surface area contributed by atoms with Gasteiger partial charge in [-0.15, -0.1) is 0 Å². The monoisotopic (exact) mass is 265 g/mol. The molecule has 0 aromatic carbocycles. The van der Waals surface area contributed by atoms with Crippen LogP contribution in [0.25, 0.3) is 0 Å². The molecule has 0 radical (unpaired) electrons. The number of carbonyl (C=O) groups excluding carboxylic acids is 2. The second kappa shape index (κ2) is 6.17. The van der Waals surface area contributed by atoms with Gasteiger partial charge in [-0.05, 0) is 39.8 Å². The van der Waals surface area contributed by atoms with Crippen molar-refractivity contribution in [2.24, 2.45) is 0 Å². The molecule has 1 unspecified atom stereocenters. The third-order valence-electron chi connectivity index (χ3n) is 2.06. The van der Waals surface area contributed by atoms with Crippen molar-refractivity contribution in [3.63, 3.8) is 0 Å². The Hall–Kier alpha value is -2.11. The molecule has 19 heavy (non-hydrogen) atoms. The minimum absolute atomic E-state index is 0.334. The van der Waals surface area contributed by atoms with E-state index >= 15 is 0 Å². The fourth-order valence-corrected chi connectivity index (χ4v) is 1.24. The Kier molecular flexibility index (Phi) is 4.86. The van der Waals surface area contributed by atoms with Crippen molar-refractivity contribution in [2.75, 3.05) is 5.32 Å². The zero-order valence-electron chi connectivity index (χ0n) is 11.6. The number of nitrogens with zero attached hydrogens (tertiary/aromatic N) is 1. The lowest BCUT2D eigenvalue weighted by Gasteiger charge is -2.21. The van der Waals surface area contributed by atoms with Gasteiger partial charge in [-0.2, -0.15) is 0 Å². The van der Waals surface area contributed by atoms with Gasteiger partial charge in [-0.1, -0.05) is 0 Å². The number of anilines is 1. The largest absolute Gasteiger partial charge is 0.444 e. The molecule has 0 bridgehead atoms. The Labute approximate surface area is 112 Å². The highest BCUT2D eigenvalue weighted by atomic mass is 16.6. The summed E-state index contributed by atoms with van der Waals surface area (Å²) in [7, 11) is 0. The molecule has 6 heteroatoms. The second-order valence-electron chi connectivity index (χ2n) is 5.10. The van der Waals surface area contributed by atoms with Crippen LogP contribution < -0.4 is 10.6 Å². The molecule has 0 spiro atoms. The Bertz CT molecular complexity index is 440. The summed E-state index contributed by atoms with van der Waals surface area (Å²) in [6, 6.07) is 2.72. The summed E-state index contributed by atoms with van der Waals surface area (Å²) in [5.41, 5.74) is -0.0192. The van der Waals surface area contributed by atoms with Gasteiger partial charge in [0, 0.05) is 6.20 Å². The number of carbonyl (C=O) groups is 2. The molecular weight excluding hydrogens is 246 g/mol. The van der Waals surface area contributed by atoms with E-state index in [1.54, 1.807) is 46.0 Å². The van der Waals surface area contributed by atoms with Gasteiger partial charge < -0.3 is 15.4 Å². The van der Waals surface area contributed by atoms with E-state index in [0.29, 0.717) is 5.69 Å². The maximum absolute atomic E-state index is 11.8. The van der Waals surface area contributed by atoms with Gasteiger partial charge in [0.15, 0.2) is 0 Å². The van der Waals surface area contributed by atoms with Crippen molar-refractivity contribution in [1.29, 1.82) is 0 Å². The molecule has 104 valence electrons. The third kappa shape index (κ3) is 5.85. The lowest BCUT2D eigenvalue weighted by Crippen LogP contribution is -2.43. The minimum Gasteiger partial charge on any atom is -0.444 e. The maximum atomic E-state index is 11.8. The van der Waals surface area contributed by atoms with Crippen LogP contribution in [0, 0.1) is 0 Å². The lowest BCUT2D eigenvalue weighted by atomic mass is 10.2. The van der Waals surface area contributed by atoms with Gasteiger partial charge in [0.05, 0.1) is 11.9 Å². The molecule has 1 aromatic heterocycles. The van der Waals surface area contributed by atoms with Crippen molar-refractivity contribution in [1.82, 2.24) is 10.3 Å². The number of amides is 2. The number of rotatable bonds is 3. The van der Waals surface area contributed by atoms with Gasteiger partial charge in [0.2, 0.25) is 5.91 Å². The summed E-state index contributed by atoms with van der Waals surface area (Å²) in [6.45, 7) is 6.85. The van der Waals surface area contributed by atoms with E-state index in [0.717, 1.165) is 0 Å². The molecule has 1 heterocycles. The van der Waals surface area contributed by atoms with Crippen LogP contribution in [0.3, 0.4) is 0 Å². The number of nitrogens with one attached hydrogen (secondary N) is 2. The van der Waals surface area contributed by atoms with Crippen LogP contribution in [0.1, 0.15) is 27.7 Å². The van der Waals surface area contributed by atoms with Gasteiger partial charge in [-0.25, -0.2) is 4.79 Å². The first-order valence-corrected chi connectivity index (χ1v) is 5.98. The molecule has 0 saturated heterocycles. The maximum Gasteiger partial charge on any atom is 0.408 e. The second-order valence-corrected chi connectivity index (χ2v) is 5.10. The number of hydrogen-bond acceptors (Lipinski definition) is 4. The summed E-state index contributed by atoms with van der Waals surface area (Å²) in [5.74, 6) is -0.334. The fraction of sp³-hybridized carbons (Fsp3) is 0.462. The number of pyridine rings is 1. The standard InChI is InChI=1S/C13H19N3O3/c1-9(15-12(18)19-13(2,3)4)11(17)16-10-6-5-7-14-8-10/h5-9H,1-4H3,(H,15,18)(H,16,17). The molecule has 0 fully saturated rings. The first kappa shape index (κ1) is 14.9. The Morgan fingerprint density at radius 3 is 2.58 bits per heavy atom. The summed E-state index contributed by atoms with van der Waals surface area (Å²) in [4.78, 5) is 27.2. The molecular formula is C13H19N3O3. The number of alkyl carbamates (subject to hydrolysis) is 1. The summed E-state index contributed by atoms with van der Waals surface area (Å²) in [6.07, 6.45) is 2.51. The first-order valence-electron chi connectivity index (χ1n) is 5.98. The van der Waals surface area contributed by atoms with E-state index in [1.165, 1.54) is 6.20 Å². The normalized spacial score (nSPS) is 12.4. The van der Waals surface area contributed by atoms with Crippen LogP contribution >= 0.6 is 0 Å². The molecule has 1 atom stereocenters. The quantitative estimate of drug-likeness (QED) is 0.875. The van der Waals surface area contributed by atoms with Gasteiger partial charge in [-0.3, -0.25) is 9.78 Å². The van der Waals surface area contributed by atoms with E-state index < -0.39 is 17.7 Å². The fourth-order valence-electron chi connectivity index (χ4n) is 1.24. The summed E-state index contributed by atoms with van der Waals surface area (Å²) >= 11 is 0. The summed E-state index contributed by atoms with van der Waals surface area (Å²) < 4.78 is 5.07. The number of aromatic nitrogens is 1. The molecule has 2 amide bonds. The van der Waals surface area contributed by atoms with Crippen molar-refractivity contribution in [2.45, 2.75) is 39.3 Å². The van der Waals surface area contributed by atoms with Crippen molar-refractivity contribution in [3.05, 3.63) is 24.5 Å². The summed E-state index contributed by atoms with van der Waals surface area (Å²) in [5, 5.41) is 5.10. The van der Waals surface area contributed by atoms with E-state index in [-0.39, 0.29) is 5.91 Å². The molecule has 6 nitrogen and oxygen atoms in total. The number of hydrogen-bond donors (Lipinski definition) is 2. The zero-order valence-corrected chi connectivity index (χ0v) is 11.6. The van der Waals surface area contributed by atoms with Crippen LogP contribution in [0.4, 0.5) is 10.5 Å². The van der Waals surface area contributed by atoms with E-state index in [2.05, 4.69) is 15.6 Å². The molecule has 0 aliphatic heterocycles. The minimum atomic E-state index is -0.699. The molecule has 0 aliphatic rings. The highest BCUT2D eigenvalue weighted by Gasteiger charge is 2.20. The molecule has 0 saturated carbocycles. The molecule has 0 aliphatic carbocycles. The molecule has 1 aromatic rings. The molecule has 2 N–H and O–H groups in total. The van der Waals surface area contributed by atoms with Gasteiger partial charge >= 0.3 is 6.09 Å². The van der Waals surface area contributed by atoms with Gasteiger partial charge in [0.1, 0.15) is 11.6 Å². The predicted molar refractivity (Wildman–Crippen MR) is 71.7 cm³/mol. The average Bonchev–Trinajstić information content (AvgIpc) is 2.27. The van der Waals surface area contributed by atoms with E-state index in [4.69, 9.17) is 4.74 Å². The average molecular weight is 265 g/mol. The smallest absolute Gasteiger partial charge is 0.408 e. The highest BCUT2D eigenvalue weighted by Crippen LogP contribution is 2.07. The van der Waals surface area contributed by atoms with Crippen LogP contribution in [0.15, 0.2) is 24.5 Å². The first-order chi connectivity index (χ1) is 8.78. The van der Waals surface area contributed by atoms with Crippen LogP contribution in [0.2, 0.25) is 0 Å². The Morgan fingerprint density at radius 1 is 1.37 bits per heavy atom. The zero-order chi connectivity index (χ0) is 14.5. The van der Waals surface area contributed by atoms with Gasteiger partial charge in [0.25, 0.3) is 0 Å². The van der Waals surface area contributed by atoms with Crippen LogP contribution in [-0.4, -0.2) is 28.6 Å². The van der Waals surface area contributed by atoms with Crippen molar-refractivity contribution >= 4 is 17.7 Å². The lowest BCUT2D eigenvalue weighted by molar-refractivity contribution is -0.117. The molecule has 1 rings (SSSR count). The topological polar surface area (TPSA) is 80.3 Å². The van der Waals surface area contributed by atoms with Crippen LogP contribution in [0.5, 0.6) is 0 Å². The third-order valence-corrected chi connectivity index (χ3v) is 2.06. The van der Waals surface area contributed by atoms with E-state index in [9.17, 15) is 9.59 Å². The SMILES string of the molecule is CC(NC(=O)OC(C)(C)C)C(=O)Nc1cccnc1.